The summed E-state index contributed by atoms with van der Waals surface area (Å²) in [6.45, 7) is -0.150. The van der Waals surface area contributed by atoms with Crippen molar-refractivity contribution in [1.82, 2.24) is 4.72 Å². The number of anilines is 1. The molecule has 9 heteroatoms. The van der Waals surface area contributed by atoms with E-state index in [-0.39, 0.29) is 23.6 Å². The van der Waals surface area contributed by atoms with Crippen LogP contribution in [0.2, 0.25) is 0 Å². The first-order valence-electron chi connectivity index (χ1n) is 9.63. The van der Waals surface area contributed by atoms with E-state index in [0.29, 0.717) is 11.4 Å². The number of rotatable bonds is 9. The van der Waals surface area contributed by atoms with Crippen molar-refractivity contribution in [3.8, 4) is 5.75 Å². The van der Waals surface area contributed by atoms with Crippen LogP contribution >= 0.6 is 0 Å². The highest BCUT2D eigenvalue weighted by molar-refractivity contribution is 7.89. The lowest BCUT2D eigenvalue weighted by Crippen LogP contribution is -2.23. The number of amides is 1. The van der Waals surface area contributed by atoms with Gasteiger partial charge in [0.1, 0.15) is 5.75 Å². The second kappa shape index (κ2) is 10.6. The fourth-order valence-electron chi connectivity index (χ4n) is 2.79. The number of esters is 1. The minimum Gasteiger partial charge on any atom is -0.484 e. The molecule has 0 fully saturated rings. The lowest BCUT2D eigenvalue weighted by Gasteiger charge is -2.11. The number of carbonyl (C=O) groups excluding carboxylic acids is 2. The maximum atomic E-state index is 12.4. The number of hydrogen-bond acceptors (Lipinski definition) is 6. The van der Waals surface area contributed by atoms with Crippen LogP contribution in [0.4, 0.5) is 5.69 Å². The molecule has 3 aromatic rings. The number of carbonyl (C=O) groups is 2. The van der Waals surface area contributed by atoms with Crippen LogP contribution < -0.4 is 14.8 Å². The van der Waals surface area contributed by atoms with Gasteiger partial charge < -0.3 is 14.8 Å². The van der Waals surface area contributed by atoms with Gasteiger partial charge in [0.25, 0.3) is 5.91 Å². The van der Waals surface area contributed by atoms with Crippen LogP contribution in [0.1, 0.15) is 15.9 Å². The van der Waals surface area contributed by atoms with Gasteiger partial charge in [-0.05, 0) is 42.0 Å². The Morgan fingerprint density at radius 2 is 1.53 bits per heavy atom. The third-order valence-corrected chi connectivity index (χ3v) is 5.84. The largest absolute Gasteiger partial charge is 0.484 e. The molecule has 0 aromatic heterocycles. The number of ether oxygens (including phenoxy) is 2. The monoisotopic (exact) mass is 454 g/mol. The number of methoxy groups -OCH3 is 1. The zero-order valence-corrected chi connectivity index (χ0v) is 18.1. The number of nitrogens with one attached hydrogen (secondary N) is 2. The van der Waals surface area contributed by atoms with E-state index in [1.165, 1.54) is 37.4 Å². The van der Waals surface area contributed by atoms with E-state index in [9.17, 15) is 18.0 Å². The molecule has 1 amide bonds. The predicted octanol–water partition coefficient (Wildman–Crippen LogP) is 2.97. The normalized spacial score (nSPS) is 10.9. The highest BCUT2D eigenvalue weighted by atomic mass is 32.2. The van der Waals surface area contributed by atoms with Crippen molar-refractivity contribution in [2.75, 3.05) is 19.0 Å². The van der Waals surface area contributed by atoms with E-state index >= 15 is 0 Å². The van der Waals surface area contributed by atoms with Crippen molar-refractivity contribution in [1.29, 1.82) is 0 Å². The maximum absolute atomic E-state index is 12.4. The molecule has 0 saturated heterocycles. The van der Waals surface area contributed by atoms with Gasteiger partial charge in [0.15, 0.2) is 6.61 Å². The highest BCUT2D eigenvalue weighted by Crippen LogP contribution is 2.18. The molecule has 3 aromatic carbocycles. The molecule has 0 radical (unpaired) electrons. The summed E-state index contributed by atoms with van der Waals surface area (Å²) < 4.78 is 37.5. The molecule has 0 unspecified atom stereocenters. The molecule has 0 bridgehead atoms. The molecule has 0 heterocycles. The molecule has 0 saturated carbocycles. The highest BCUT2D eigenvalue weighted by Gasteiger charge is 2.15. The van der Waals surface area contributed by atoms with Gasteiger partial charge in [-0.2, -0.15) is 0 Å². The molecule has 0 aliphatic rings. The molecule has 3 rings (SSSR count). The van der Waals surface area contributed by atoms with Gasteiger partial charge in [-0.3, -0.25) is 4.79 Å². The lowest BCUT2D eigenvalue weighted by atomic mass is 10.2. The van der Waals surface area contributed by atoms with E-state index < -0.39 is 21.9 Å². The standard InChI is InChI=1S/C23H22N2O6S/c1-30-23(27)20-9-5-6-10-21(20)25-22(26)16-31-18-11-13-19(14-12-18)32(28,29)24-15-17-7-3-2-4-8-17/h2-14,24H,15-16H2,1H3,(H,25,26). The summed E-state index contributed by atoms with van der Waals surface area (Å²) in [5, 5.41) is 2.59. The first-order chi connectivity index (χ1) is 15.4. The summed E-state index contributed by atoms with van der Waals surface area (Å²) in [7, 11) is -2.44. The quantitative estimate of drug-likeness (QED) is 0.481. The van der Waals surface area contributed by atoms with E-state index in [4.69, 9.17) is 9.47 Å². The lowest BCUT2D eigenvalue weighted by molar-refractivity contribution is -0.118. The molecular weight excluding hydrogens is 432 g/mol. The Balaban J connectivity index is 1.56. The molecule has 0 spiro atoms. The van der Waals surface area contributed by atoms with Crippen LogP contribution in [-0.2, 0) is 26.1 Å². The average Bonchev–Trinajstić information content (AvgIpc) is 2.82. The first kappa shape index (κ1) is 23.0. The fourth-order valence-corrected chi connectivity index (χ4v) is 3.81. The summed E-state index contributed by atoms with van der Waals surface area (Å²) in [5.74, 6) is -0.731. The van der Waals surface area contributed by atoms with Crippen LogP contribution in [0.25, 0.3) is 0 Å². The zero-order valence-electron chi connectivity index (χ0n) is 17.3. The maximum Gasteiger partial charge on any atom is 0.339 e. The predicted molar refractivity (Wildman–Crippen MR) is 119 cm³/mol. The fraction of sp³-hybridized carbons (Fsp3) is 0.130. The molecule has 8 nitrogen and oxygen atoms in total. The number of hydrogen-bond donors (Lipinski definition) is 2. The number of sulfonamides is 1. The van der Waals surface area contributed by atoms with Crippen molar-refractivity contribution < 1.29 is 27.5 Å². The van der Waals surface area contributed by atoms with Gasteiger partial charge in [0.05, 0.1) is 23.3 Å². The van der Waals surface area contributed by atoms with Crippen molar-refractivity contribution in [2.24, 2.45) is 0 Å². The third-order valence-electron chi connectivity index (χ3n) is 4.42. The number of para-hydroxylation sites is 1. The van der Waals surface area contributed by atoms with Crippen LogP contribution in [0, 0.1) is 0 Å². The Labute approximate surface area is 186 Å². The smallest absolute Gasteiger partial charge is 0.339 e. The molecule has 2 N–H and O–H groups in total. The molecular formula is C23H22N2O6S. The van der Waals surface area contributed by atoms with Crippen LogP contribution in [0.15, 0.2) is 83.8 Å². The van der Waals surface area contributed by atoms with Gasteiger partial charge in [0.2, 0.25) is 10.0 Å². The van der Waals surface area contributed by atoms with E-state index in [1.54, 1.807) is 18.2 Å². The Kier molecular flexibility index (Phi) is 7.58. The van der Waals surface area contributed by atoms with Gasteiger partial charge in [-0.15, -0.1) is 0 Å². The SMILES string of the molecule is COC(=O)c1ccccc1NC(=O)COc1ccc(S(=O)(=O)NCc2ccccc2)cc1. The summed E-state index contributed by atoms with van der Waals surface area (Å²) in [6, 6.07) is 21.3. The van der Waals surface area contributed by atoms with Crippen LogP contribution in [0.5, 0.6) is 5.75 Å². The number of benzene rings is 3. The topological polar surface area (TPSA) is 111 Å². The van der Waals surface area contributed by atoms with Crippen molar-refractivity contribution in [2.45, 2.75) is 11.4 Å². The van der Waals surface area contributed by atoms with Gasteiger partial charge in [-0.1, -0.05) is 42.5 Å². The summed E-state index contributed by atoms with van der Waals surface area (Å²) >= 11 is 0. The molecule has 166 valence electrons. The van der Waals surface area contributed by atoms with Crippen molar-refractivity contribution in [3.63, 3.8) is 0 Å². The minimum atomic E-state index is -3.69. The third kappa shape index (κ3) is 6.16. The molecule has 32 heavy (non-hydrogen) atoms. The second-order valence-corrected chi connectivity index (χ2v) is 8.42. The average molecular weight is 455 g/mol. The Morgan fingerprint density at radius 1 is 0.875 bits per heavy atom. The van der Waals surface area contributed by atoms with Crippen molar-refractivity contribution in [3.05, 3.63) is 90.0 Å². The Hall–Kier alpha value is -3.69. The molecule has 0 atom stereocenters. The van der Waals surface area contributed by atoms with Gasteiger partial charge in [0, 0.05) is 6.54 Å². The summed E-state index contributed by atoms with van der Waals surface area (Å²) in [4.78, 5) is 24.1. The van der Waals surface area contributed by atoms with Crippen LogP contribution in [0.3, 0.4) is 0 Å². The minimum absolute atomic E-state index is 0.0808. The van der Waals surface area contributed by atoms with Gasteiger partial charge >= 0.3 is 5.97 Å². The Bertz CT molecular complexity index is 1180. The molecule has 0 aliphatic carbocycles. The summed E-state index contributed by atoms with van der Waals surface area (Å²) in [6.07, 6.45) is 0. The Morgan fingerprint density at radius 3 is 2.22 bits per heavy atom. The summed E-state index contributed by atoms with van der Waals surface area (Å²) in [5.41, 5.74) is 1.37. The van der Waals surface area contributed by atoms with E-state index in [2.05, 4.69) is 10.0 Å². The zero-order chi connectivity index (χ0) is 23.0. The molecule has 0 aliphatic heterocycles. The van der Waals surface area contributed by atoms with E-state index in [1.807, 2.05) is 30.3 Å². The van der Waals surface area contributed by atoms with E-state index in [0.717, 1.165) is 5.56 Å². The van der Waals surface area contributed by atoms with Crippen molar-refractivity contribution >= 4 is 27.6 Å². The van der Waals surface area contributed by atoms with Crippen LogP contribution in [-0.4, -0.2) is 34.0 Å². The van der Waals surface area contributed by atoms with Gasteiger partial charge in [-0.25, -0.2) is 17.9 Å². The second-order valence-electron chi connectivity index (χ2n) is 6.66. The first-order valence-corrected chi connectivity index (χ1v) is 11.1.